The first-order chi connectivity index (χ1) is 5.52. The molecule has 0 aliphatic rings. The lowest BCUT2D eigenvalue weighted by molar-refractivity contribution is 0.0689. The van der Waals surface area contributed by atoms with Gasteiger partial charge in [0.2, 0.25) is 0 Å². The molecule has 0 aliphatic heterocycles. The minimum absolute atomic E-state index is 0.0870. The summed E-state index contributed by atoms with van der Waals surface area (Å²) in [4.78, 5) is 18.0. The summed E-state index contributed by atoms with van der Waals surface area (Å²) in [6, 6.07) is 0. The van der Waals surface area contributed by atoms with Crippen molar-refractivity contribution in [3.63, 3.8) is 0 Å². The molecule has 0 aliphatic carbocycles. The monoisotopic (exact) mass is 231 g/mol. The fraction of sp³-hybridized carbons (Fsp3) is 0.167. The number of nitrogens with zero attached hydrogens (tertiary/aromatic N) is 2. The number of carbonyl (C=O) groups is 1. The zero-order valence-electron chi connectivity index (χ0n) is 6.21. The highest BCUT2D eigenvalue weighted by Crippen LogP contribution is 2.15. The number of hydrogen-bond acceptors (Lipinski definition) is 4. The standard InChI is InChI=1S/C6H6BrN3O2/c1-2-3(6(11)12)10-4(7)5(8)9-2/h1H3,(H2,8,9)(H,11,12). The molecule has 0 unspecified atom stereocenters. The van der Waals surface area contributed by atoms with Crippen LogP contribution >= 0.6 is 15.9 Å². The number of nitrogens with two attached hydrogens (primary N) is 1. The largest absolute Gasteiger partial charge is 0.476 e. The molecule has 1 heterocycles. The van der Waals surface area contributed by atoms with E-state index in [1.807, 2.05) is 0 Å². The molecule has 6 heteroatoms. The highest BCUT2D eigenvalue weighted by molar-refractivity contribution is 9.10. The van der Waals surface area contributed by atoms with Crippen LogP contribution in [0, 0.1) is 6.92 Å². The molecule has 0 spiro atoms. The van der Waals surface area contributed by atoms with Crippen molar-refractivity contribution in [1.82, 2.24) is 9.97 Å². The van der Waals surface area contributed by atoms with Gasteiger partial charge < -0.3 is 10.8 Å². The van der Waals surface area contributed by atoms with Crippen LogP contribution in [0.5, 0.6) is 0 Å². The van der Waals surface area contributed by atoms with Crippen molar-refractivity contribution in [2.75, 3.05) is 5.73 Å². The second-order valence-corrected chi connectivity index (χ2v) is 2.89. The van der Waals surface area contributed by atoms with Crippen LogP contribution in [0.3, 0.4) is 0 Å². The third-order valence-corrected chi connectivity index (χ3v) is 1.84. The molecule has 0 saturated heterocycles. The van der Waals surface area contributed by atoms with Gasteiger partial charge in [-0.25, -0.2) is 14.8 Å². The van der Waals surface area contributed by atoms with Gasteiger partial charge in [-0.3, -0.25) is 0 Å². The average Bonchev–Trinajstić information content (AvgIpc) is 1.96. The molecular formula is C6H6BrN3O2. The minimum atomic E-state index is -1.11. The van der Waals surface area contributed by atoms with Crippen LogP contribution in [-0.2, 0) is 0 Å². The van der Waals surface area contributed by atoms with E-state index in [9.17, 15) is 4.79 Å². The van der Waals surface area contributed by atoms with E-state index in [1.54, 1.807) is 6.92 Å². The smallest absolute Gasteiger partial charge is 0.356 e. The van der Waals surface area contributed by atoms with E-state index in [2.05, 4.69) is 25.9 Å². The van der Waals surface area contributed by atoms with Crippen molar-refractivity contribution < 1.29 is 9.90 Å². The lowest BCUT2D eigenvalue weighted by Gasteiger charge is -2.01. The molecule has 0 amide bonds. The predicted molar refractivity (Wildman–Crippen MR) is 45.8 cm³/mol. The summed E-state index contributed by atoms with van der Waals surface area (Å²) in [7, 11) is 0. The Morgan fingerprint density at radius 2 is 2.17 bits per heavy atom. The Hall–Kier alpha value is -1.17. The van der Waals surface area contributed by atoms with E-state index in [0.717, 1.165) is 0 Å². The molecule has 1 rings (SSSR count). The van der Waals surface area contributed by atoms with Gasteiger partial charge in [0, 0.05) is 0 Å². The maximum atomic E-state index is 10.5. The third kappa shape index (κ3) is 1.53. The van der Waals surface area contributed by atoms with E-state index in [1.165, 1.54) is 0 Å². The Balaban J connectivity index is 3.33. The number of nitrogen functional groups attached to an aromatic ring is 1. The van der Waals surface area contributed by atoms with Crippen molar-refractivity contribution in [1.29, 1.82) is 0 Å². The zero-order valence-corrected chi connectivity index (χ0v) is 7.79. The Morgan fingerprint density at radius 3 is 2.67 bits per heavy atom. The van der Waals surface area contributed by atoms with Crippen molar-refractivity contribution in [2.24, 2.45) is 0 Å². The number of anilines is 1. The third-order valence-electron chi connectivity index (χ3n) is 1.25. The van der Waals surface area contributed by atoms with E-state index < -0.39 is 5.97 Å². The lowest BCUT2D eigenvalue weighted by Crippen LogP contribution is -2.08. The summed E-state index contributed by atoms with van der Waals surface area (Å²) in [5, 5.41) is 8.62. The Labute approximate surface area is 76.8 Å². The maximum absolute atomic E-state index is 10.5. The Morgan fingerprint density at radius 1 is 1.58 bits per heavy atom. The molecule has 1 aromatic rings. The normalized spacial score (nSPS) is 9.83. The van der Waals surface area contributed by atoms with Crippen LogP contribution in [0.1, 0.15) is 16.2 Å². The van der Waals surface area contributed by atoms with Gasteiger partial charge in [-0.1, -0.05) is 0 Å². The molecule has 0 radical (unpaired) electrons. The molecule has 1 aromatic heterocycles. The molecule has 0 atom stereocenters. The van der Waals surface area contributed by atoms with Crippen LogP contribution < -0.4 is 5.73 Å². The van der Waals surface area contributed by atoms with E-state index in [-0.39, 0.29) is 16.1 Å². The molecule has 12 heavy (non-hydrogen) atoms. The summed E-state index contributed by atoms with van der Waals surface area (Å²) < 4.78 is 0.255. The quantitative estimate of drug-likeness (QED) is 0.748. The van der Waals surface area contributed by atoms with E-state index in [0.29, 0.717) is 5.69 Å². The first-order valence-electron chi connectivity index (χ1n) is 3.05. The van der Waals surface area contributed by atoms with Crippen LogP contribution in [0.4, 0.5) is 5.82 Å². The van der Waals surface area contributed by atoms with Crippen LogP contribution in [-0.4, -0.2) is 21.0 Å². The highest BCUT2D eigenvalue weighted by atomic mass is 79.9. The molecule has 0 aromatic carbocycles. The second kappa shape index (κ2) is 3.06. The van der Waals surface area contributed by atoms with Crippen molar-refractivity contribution in [3.05, 3.63) is 16.0 Å². The molecule has 0 saturated carbocycles. The van der Waals surface area contributed by atoms with Crippen LogP contribution in [0.2, 0.25) is 0 Å². The zero-order chi connectivity index (χ0) is 9.30. The Bertz CT molecular complexity index is 340. The van der Waals surface area contributed by atoms with Gasteiger partial charge >= 0.3 is 5.97 Å². The first-order valence-corrected chi connectivity index (χ1v) is 3.84. The second-order valence-electron chi connectivity index (χ2n) is 2.14. The van der Waals surface area contributed by atoms with E-state index in [4.69, 9.17) is 10.8 Å². The Kier molecular flexibility index (Phi) is 2.27. The van der Waals surface area contributed by atoms with Gasteiger partial charge in [-0.05, 0) is 22.9 Å². The van der Waals surface area contributed by atoms with Gasteiger partial charge in [-0.15, -0.1) is 0 Å². The number of carboxylic acids is 1. The van der Waals surface area contributed by atoms with Gasteiger partial charge in [-0.2, -0.15) is 0 Å². The molecular weight excluding hydrogens is 226 g/mol. The molecule has 64 valence electrons. The number of hydrogen-bond donors (Lipinski definition) is 2. The van der Waals surface area contributed by atoms with E-state index >= 15 is 0 Å². The van der Waals surface area contributed by atoms with Gasteiger partial charge in [0.05, 0.1) is 5.69 Å². The minimum Gasteiger partial charge on any atom is -0.476 e. The molecule has 0 fully saturated rings. The van der Waals surface area contributed by atoms with Crippen molar-refractivity contribution in [2.45, 2.75) is 6.92 Å². The summed E-state index contributed by atoms with van der Waals surface area (Å²) in [6.07, 6.45) is 0. The van der Waals surface area contributed by atoms with Crippen molar-refractivity contribution in [3.8, 4) is 0 Å². The SMILES string of the molecule is Cc1nc(N)c(Br)nc1C(=O)O. The fourth-order valence-corrected chi connectivity index (χ4v) is 0.985. The number of aromatic nitrogens is 2. The summed E-state index contributed by atoms with van der Waals surface area (Å²) in [6.45, 7) is 1.54. The summed E-state index contributed by atoms with van der Waals surface area (Å²) >= 11 is 2.99. The van der Waals surface area contributed by atoms with Gasteiger partial charge in [0.25, 0.3) is 0 Å². The average molecular weight is 232 g/mol. The number of aryl methyl sites for hydroxylation is 1. The highest BCUT2D eigenvalue weighted by Gasteiger charge is 2.12. The van der Waals surface area contributed by atoms with Crippen molar-refractivity contribution >= 4 is 27.7 Å². The molecule has 0 bridgehead atoms. The fourth-order valence-electron chi connectivity index (χ4n) is 0.719. The topological polar surface area (TPSA) is 89.1 Å². The summed E-state index contributed by atoms with van der Waals surface area (Å²) in [5.74, 6) is -0.918. The first kappa shape index (κ1) is 8.92. The van der Waals surface area contributed by atoms with Crippen LogP contribution in [0.15, 0.2) is 4.60 Å². The predicted octanol–water partition coefficient (Wildman–Crippen LogP) is 0.828. The van der Waals surface area contributed by atoms with Gasteiger partial charge in [0.15, 0.2) is 11.5 Å². The lowest BCUT2D eigenvalue weighted by atomic mass is 10.3. The summed E-state index contributed by atoms with van der Waals surface area (Å²) in [5.41, 5.74) is 5.60. The maximum Gasteiger partial charge on any atom is 0.356 e. The number of aromatic carboxylic acids is 1. The van der Waals surface area contributed by atoms with Crippen LogP contribution in [0.25, 0.3) is 0 Å². The molecule has 3 N–H and O–H groups in total. The van der Waals surface area contributed by atoms with Gasteiger partial charge in [0.1, 0.15) is 4.60 Å². The molecule has 5 nitrogen and oxygen atoms in total. The number of rotatable bonds is 1. The number of carboxylic acid groups (broad SMARTS) is 1. The number of halogens is 1.